The fourth-order valence-corrected chi connectivity index (χ4v) is 8.38. The quantitative estimate of drug-likeness (QED) is 0.258. The Labute approximate surface area is 298 Å². The number of hydrogen-bond donors (Lipinski definition) is 4. The number of benzene rings is 1. The number of hydrogen-bond acceptors (Lipinski definition) is 12. The molecular formula is C32H43F4N7O8S. The number of aromatic nitrogens is 2. The van der Waals surface area contributed by atoms with Crippen molar-refractivity contribution in [2.75, 3.05) is 64.0 Å². The minimum Gasteiger partial charge on any atom is -0.451 e. The second-order valence-corrected chi connectivity index (χ2v) is 15.9. The number of rotatable bonds is 10. The van der Waals surface area contributed by atoms with Gasteiger partial charge in [0.05, 0.1) is 44.2 Å². The predicted molar refractivity (Wildman–Crippen MR) is 176 cm³/mol. The van der Waals surface area contributed by atoms with Crippen LogP contribution in [0, 0.1) is 11.2 Å². The molecule has 5 heterocycles. The van der Waals surface area contributed by atoms with Crippen LogP contribution in [0.2, 0.25) is 0 Å². The number of nitrogens with one attached hydrogen (secondary N) is 2. The van der Waals surface area contributed by atoms with E-state index in [9.17, 15) is 41.0 Å². The van der Waals surface area contributed by atoms with Gasteiger partial charge in [-0.1, -0.05) is 0 Å². The van der Waals surface area contributed by atoms with E-state index in [2.05, 4.69) is 19.6 Å². The largest absolute Gasteiger partial charge is 0.451 e. The van der Waals surface area contributed by atoms with Crippen LogP contribution in [0.1, 0.15) is 49.9 Å². The zero-order chi connectivity index (χ0) is 37.5. The molecule has 4 aliphatic heterocycles. The maximum Gasteiger partial charge on any atom is 0.402 e. The third-order valence-electron chi connectivity index (χ3n) is 9.92. The molecular weight excluding hydrogens is 718 g/mol. The Bertz CT molecular complexity index is 1710. The molecule has 4 aliphatic rings. The number of ether oxygens (including phenoxy) is 3. The highest BCUT2D eigenvalue weighted by Crippen LogP contribution is 2.45. The Kier molecular flexibility index (Phi) is 10.8. The Morgan fingerprint density at radius 1 is 1.13 bits per heavy atom. The molecule has 1 aromatic heterocycles. The standard InChI is InChI=1S/C32H43F4N7O8S/c1-21-13-49-19-29(2,45)43(21)28(44)24-11-22(33)3-4-25(24)51-26-12-37-20-38-27(26)42-16-30(17-42)7-9-41(10-8-30)18-31(46)6-5-23(14-50-31)40-52(47,48)39-15-32(34,35)36/h3-4,11-12,20-21,23,39-40,45-46H,5-10,13-19H2,1-2H3/t21-,23-,29+,31-/m1/s1. The van der Waals surface area contributed by atoms with E-state index in [4.69, 9.17) is 14.2 Å². The summed E-state index contributed by atoms with van der Waals surface area (Å²) >= 11 is 0. The highest BCUT2D eigenvalue weighted by molar-refractivity contribution is 7.87. The Morgan fingerprint density at radius 2 is 1.87 bits per heavy atom. The SMILES string of the molecule is C[C@@H]1COC[C@](C)(O)N1C(=O)c1cc(F)ccc1Oc1cncnc1N1CC2(CCN(C[C@@]3(O)CC[C@@H](NS(=O)(=O)NCC(F)(F)F)CO3)CC2)C1. The molecule has 1 amide bonds. The van der Waals surface area contributed by atoms with Crippen LogP contribution in [0.25, 0.3) is 0 Å². The summed E-state index contributed by atoms with van der Waals surface area (Å²) in [6.07, 6.45) is 0.0596. The van der Waals surface area contributed by atoms with Gasteiger partial charge in [0, 0.05) is 31.0 Å². The van der Waals surface area contributed by atoms with Crippen molar-refractivity contribution in [2.24, 2.45) is 5.41 Å². The first-order valence-corrected chi connectivity index (χ1v) is 18.4. The van der Waals surface area contributed by atoms with E-state index in [0.29, 0.717) is 32.0 Å². The molecule has 0 radical (unpaired) electrons. The minimum absolute atomic E-state index is 0.0311. The minimum atomic E-state index is -4.69. The molecule has 6 rings (SSSR count). The number of piperidine rings is 1. The second-order valence-electron chi connectivity index (χ2n) is 14.4. The molecule has 0 saturated carbocycles. The van der Waals surface area contributed by atoms with Gasteiger partial charge in [-0.15, -0.1) is 0 Å². The summed E-state index contributed by atoms with van der Waals surface area (Å²) in [5, 5.41) is 22.0. The number of carbonyl (C=O) groups excluding carboxylic acids is 1. The topological polar surface area (TPSA) is 179 Å². The van der Waals surface area contributed by atoms with Crippen LogP contribution in [0.5, 0.6) is 11.5 Å². The average molecular weight is 762 g/mol. The second kappa shape index (κ2) is 14.5. The number of anilines is 1. The van der Waals surface area contributed by atoms with Crippen LogP contribution < -0.4 is 19.1 Å². The number of alkyl halides is 3. The van der Waals surface area contributed by atoms with Gasteiger partial charge in [-0.3, -0.25) is 9.69 Å². The number of carbonyl (C=O) groups is 1. The van der Waals surface area contributed by atoms with Crippen molar-refractivity contribution in [1.82, 2.24) is 29.2 Å². The van der Waals surface area contributed by atoms with Crippen LogP contribution in [-0.4, -0.2) is 133 Å². The fourth-order valence-electron chi connectivity index (χ4n) is 7.32. The van der Waals surface area contributed by atoms with E-state index >= 15 is 0 Å². The van der Waals surface area contributed by atoms with E-state index in [1.165, 1.54) is 41.2 Å². The van der Waals surface area contributed by atoms with Crippen molar-refractivity contribution in [3.05, 3.63) is 42.1 Å². The van der Waals surface area contributed by atoms with Crippen molar-refractivity contribution >= 4 is 21.9 Å². The summed E-state index contributed by atoms with van der Waals surface area (Å²) in [6, 6.07) is 2.33. The van der Waals surface area contributed by atoms with Crippen molar-refractivity contribution < 1.29 is 55.2 Å². The molecule has 1 spiro atoms. The first-order valence-electron chi connectivity index (χ1n) is 16.9. The van der Waals surface area contributed by atoms with Gasteiger partial charge in [0.15, 0.2) is 23.1 Å². The van der Waals surface area contributed by atoms with Gasteiger partial charge in [-0.25, -0.2) is 14.4 Å². The van der Waals surface area contributed by atoms with Gasteiger partial charge in [0.2, 0.25) is 0 Å². The highest BCUT2D eigenvalue weighted by atomic mass is 32.2. The number of morpholine rings is 1. The van der Waals surface area contributed by atoms with E-state index < -0.39 is 58.3 Å². The fraction of sp³-hybridized carbons (Fsp3) is 0.656. The predicted octanol–water partition coefficient (Wildman–Crippen LogP) is 1.73. The monoisotopic (exact) mass is 761 g/mol. The van der Waals surface area contributed by atoms with Gasteiger partial charge in [-0.05, 0) is 64.4 Å². The van der Waals surface area contributed by atoms with Gasteiger partial charge in [-0.2, -0.15) is 31.0 Å². The molecule has 4 N–H and O–H groups in total. The first-order chi connectivity index (χ1) is 24.4. The smallest absolute Gasteiger partial charge is 0.402 e. The molecule has 4 atom stereocenters. The third-order valence-corrected chi connectivity index (χ3v) is 11.1. The molecule has 0 unspecified atom stereocenters. The van der Waals surface area contributed by atoms with Crippen molar-refractivity contribution in [3.8, 4) is 11.5 Å². The Balaban J connectivity index is 1.02. The van der Waals surface area contributed by atoms with Crippen LogP contribution in [0.15, 0.2) is 30.7 Å². The summed E-state index contributed by atoms with van der Waals surface area (Å²) in [7, 11) is -4.40. The van der Waals surface area contributed by atoms with Crippen LogP contribution in [0.3, 0.4) is 0 Å². The molecule has 0 bridgehead atoms. The van der Waals surface area contributed by atoms with Gasteiger partial charge >= 0.3 is 6.18 Å². The molecule has 15 nitrogen and oxygen atoms in total. The lowest BCUT2D eigenvalue weighted by molar-refractivity contribution is -0.239. The molecule has 0 aliphatic carbocycles. The number of β-amino-alcohol motifs (C(OH)–C–C–N with tert-alkyl or cyclic N) is 1. The lowest BCUT2D eigenvalue weighted by Gasteiger charge is -2.55. The first kappa shape index (κ1) is 38.5. The van der Waals surface area contributed by atoms with E-state index in [-0.39, 0.29) is 61.7 Å². The van der Waals surface area contributed by atoms with E-state index in [0.717, 1.165) is 18.9 Å². The van der Waals surface area contributed by atoms with Crippen molar-refractivity contribution in [3.63, 3.8) is 0 Å². The molecule has 2 aromatic rings. The van der Waals surface area contributed by atoms with Gasteiger partial charge in [0.1, 0.15) is 24.4 Å². The Hall–Kier alpha value is -3.24. The number of nitrogens with zero attached hydrogens (tertiary/aromatic N) is 5. The Morgan fingerprint density at radius 3 is 2.52 bits per heavy atom. The summed E-state index contributed by atoms with van der Waals surface area (Å²) in [5.41, 5.74) is -1.72. The molecule has 52 heavy (non-hydrogen) atoms. The van der Waals surface area contributed by atoms with E-state index in [1.54, 1.807) is 6.92 Å². The maximum atomic E-state index is 14.5. The third kappa shape index (κ3) is 8.92. The van der Waals surface area contributed by atoms with Crippen molar-refractivity contribution in [1.29, 1.82) is 0 Å². The van der Waals surface area contributed by atoms with Crippen LogP contribution in [-0.2, 0) is 19.7 Å². The zero-order valence-corrected chi connectivity index (χ0v) is 29.6. The molecule has 1 aromatic carbocycles. The molecule has 20 heteroatoms. The molecule has 288 valence electrons. The number of amides is 1. The number of aliphatic hydroxyl groups is 2. The van der Waals surface area contributed by atoms with E-state index in [1.807, 2.05) is 4.90 Å². The van der Waals surface area contributed by atoms with Crippen molar-refractivity contribution in [2.45, 2.75) is 69.3 Å². The molecule has 4 saturated heterocycles. The summed E-state index contributed by atoms with van der Waals surface area (Å²) < 4.78 is 96.4. The summed E-state index contributed by atoms with van der Waals surface area (Å²) in [6.45, 7) is 4.23. The highest BCUT2D eigenvalue weighted by Gasteiger charge is 2.48. The molecule has 4 fully saturated rings. The lowest BCUT2D eigenvalue weighted by atomic mass is 9.72. The number of halogens is 4. The number of likely N-dealkylation sites (tertiary alicyclic amines) is 1. The average Bonchev–Trinajstić information content (AvgIpc) is 3.05. The summed E-state index contributed by atoms with van der Waals surface area (Å²) in [5.74, 6) is -1.95. The van der Waals surface area contributed by atoms with Crippen LogP contribution >= 0.6 is 0 Å². The van der Waals surface area contributed by atoms with Gasteiger partial charge < -0.3 is 34.2 Å². The normalized spacial score (nSPS) is 28.5. The zero-order valence-electron chi connectivity index (χ0n) is 28.7. The maximum absolute atomic E-state index is 14.5. The summed E-state index contributed by atoms with van der Waals surface area (Å²) in [4.78, 5) is 27.6. The lowest BCUT2D eigenvalue weighted by Crippen LogP contribution is -2.62. The van der Waals surface area contributed by atoms with Crippen LogP contribution in [0.4, 0.5) is 23.4 Å². The van der Waals surface area contributed by atoms with Gasteiger partial charge in [0.25, 0.3) is 16.1 Å².